The predicted molar refractivity (Wildman–Crippen MR) is 80.0 cm³/mol. The average molecular weight is 341 g/mol. The van der Waals surface area contributed by atoms with Gasteiger partial charge in [-0.15, -0.1) is 0 Å². The third-order valence-electron chi connectivity index (χ3n) is 3.75. The number of rotatable bonds is 5. The quantitative estimate of drug-likeness (QED) is 0.846. The molecule has 2 aromatic heterocycles. The molecule has 3 rings (SSSR count). The fourth-order valence-electron chi connectivity index (χ4n) is 2.36. The van der Waals surface area contributed by atoms with E-state index in [0.717, 1.165) is 25.1 Å². The first kappa shape index (κ1) is 16.4. The summed E-state index contributed by atoms with van der Waals surface area (Å²) in [5, 5.41) is 2.64. The maximum absolute atomic E-state index is 14.4. The Balaban J connectivity index is 1.85. The molecule has 128 valence electrons. The van der Waals surface area contributed by atoms with Crippen molar-refractivity contribution >= 4 is 11.6 Å². The first-order valence-electron chi connectivity index (χ1n) is 7.37. The summed E-state index contributed by atoms with van der Waals surface area (Å²) < 4.78 is 52.2. The number of nitrogens with zero attached hydrogens (tertiary/aromatic N) is 4. The zero-order valence-electron chi connectivity index (χ0n) is 12.8. The largest absolute Gasteiger partial charge is 0.417 e. The highest BCUT2D eigenvalue weighted by atomic mass is 19.4. The minimum absolute atomic E-state index is 0.0750. The lowest BCUT2D eigenvalue weighted by molar-refractivity contribution is -0.137. The van der Waals surface area contributed by atoms with Crippen molar-refractivity contribution in [2.24, 2.45) is 0 Å². The molecule has 2 heterocycles. The highest BCUT2D eigenvalue weighted by Gasteiger charge is 2.34. The summed E-state index contributed by atoms with van der Waals surface area (Å²) in [5.41, 5.74) is -0.395. The lowest BCUT2D eigenvalue weighted by atomic mass is 10.2. The van der Waals surface area contributed by atoms with E-state index in [0.29, 0.717) is 5.69 Å². The van der Waals surface area contributed by atoms with Gasteiger partial charge in [0.15, 0.2) is 11.6 Å². The first-order valence-corrected chi connectivity index (χ1v) is 7.37. The molecule has 0 aliphatic heterocycles. The third-order valence-corrected chi connectivity index (χ3v) is 3.75. The van der Waals surface area contributed by atoms with Crippen LogP contribution in [0.3, 0.4) is 0 Å². The van der Waals surface area contributed by atoms with E-state index in [4.69, 9.17) is 0 Å². The molecule has 2 aromatic rings. The van der Waals surface area contributed by atoms with E-state index in [1.165, 1.54) is 12.4 Å². The minimum Gasteiger partial charge on any atom is -0.371 e. The summed E-state index contributed by atoms with van der Waals surface area (Å²) in [4.78, 5) is 13.4. The predicted octanol–water partition coefficient (Wildman–Crippen LogP) is 3.24. The standard InChI is InChI=1S/C15H15F4N5/c1-20-13-12(16)14(23-8-22-13)24(11-4-5-11)7-10-3-2-9(6-21-10)15(17,18)19/h2-3,6,8,11H,4-5,7H2,1H3,(H,20,22,23). The van der Waals surface area contributed by atoms with Gasteiger partial charge < -0.3 is 10.2 Å². The second kappa shape index (κ2) is 6.21. The molecule has 24 heavy (non-hydrogen) atoms. The SMILES string of the molecule is CNc1ncnc(N(Cc2ccc(C(F)(F)F)cn2)C2CC2)c1F. The van der Waals surface area contributed by atoms with Crippen molar-refractivity contribution in [3.8, 4) is 0 Å². The van der Waals surface area contributed by atoms with Crippen LogP contribution in [0.25, 0.3) is 0 Å². The third kappa shape index (κ3) is 3.39. The Morgan fingerprint density at radius 3 is 2.50 bits per heavy atom. The summed E-state index contributed by atoms with van der Waals surface area (Å²) in [5.74, 6) is -0.386. The first-order chi connectivity index (χ1) is 11.4. The second-order valence-corrected chi connectivity index (χ2v) is 5.50. The van der Waals surface area contributed by atoms with Gasteiger partial charge in [-0.3, -0.25) is 4.98 Å². The van der Waals surface area contributed by atoms with Crippen LogP contribution < -0.4 is 10.2 Å². The van der Waals surface area contributed by atoms with Crippen LogP contribution in [-0.2, 0) is 12.7 Å². The van der Waals surface area contributed by atoms with Crippen molar-refractivity contribution in [3.63, 3.8) is 0 Å². The molecule has 0 amide bonds. The number of nitrogens with one attached hydrogen (secondary N) is 1. The molecule has 1 saturated carbocycles. The highest BCUT2D eigenvalue weighted by molar-refractivity contribution is 5.52. The van der Waals surface area contributed by atoms with E-state index in [1.54, 1.807) is 11.9 Å². The lowest BCUT2D eigenvalue weighted by Crippen LogP contribution is -2.28. The summed E-state index contributed by atoms with van der Waals surface area (Å²) in [6.07, 6.45) is -0.643. The van der Waals surface area contributed by atoms with E-state index in [9.17, 15) is 17.6 Å². The Labute approximate surface area is 135 Å². The van der Waals surface area contributed by atoms with E-state index >= 15 is 0 Å². The van der Waals surface area contributed by atoms with Gasteiger partial charge in [0.25, 0.3) is 0 Å². The van der Waals surface area contributed by atoms with Gasteiger partial charge in [0.2, 0.25) is 5.82 Å². The number of aromatic nitrogens is 3. The summed E-state index contributed by atoms with van der Waals surface area (Å²) in [7, 11) is 1.55. The van der Waals surface area contributed by atoms with Crippen LogP contribution in [0.5, 0.6) is 0 Å². The van der Waals surface area contributed by atoms with Crippen LogP contribution in [0, 0.1) is 5.82 Å². The van der Waals surface area contributed by atoms with Gasteiger partial charge in [-0.2, -0.15) is 17.6 Å². The summed E-state index contributed by atoms with van der Waals surface area (Å²) in [6.45, 7) is 0.180. The molecule has 0 spiro atoms. The van der Waals surface area contributed by atoms with Crippen LogP contribution in [0.1, 0.15) is 24.1 Å². The maximum atomic E-state index is 14.4. The van der Waals surface area contributed by atoms with Crippen molar-refractivity contribution in [2.45, 2.75) is 31.6 Å². The molecule has 9 heteroatoms. The Morgan fingerprint density at radius 2 is 1.96 bits per heavy atom. The van der Waals surface area contributed by atoms with E-state index in [1.807, 2.05) is 0 Å². The van der Waals surface area contributed by atoms with E-state index in [2.05, 4.69) is 20.3 Å². The second-order valence-electron chi connectivity index (χ2n) is 5.50. The monoisotopic (exact) mass is 341 g/mol. The molecule has 0 bridgehead atoms. The molecule has 0 aromatic carbocycles. The van der Waals surface area contributed by atoms with Crippen molar-refractivity contribution < 1.29 is 17.6 Å². The van der Waals surface area contributed by atoms with E-state index < -0.39 is 17.6 Å². The van der Waals surface area contributed by atoms with Crippen molar-refractivity contribution in [1.29, 1.82) is 0 Å². The highest BCUT2D eigenvalue weighted by Crippen LogP contribution is 2.34. The molecule has 5 nitrogen and oxygen atoms in total. The maximum Gasteiger partial charge on any atom is 0.417 e. The molecule has 1 N–H and O–H groups in total. The number of pyridine rings is 1. The Hall–Kier alpha value is -2.45. The van der Waals surface area contributed by atoms with Gasteiger partial charge in [-0.1, -0.05) is 0 Å². The zero-order valence-corrected chi connectivity index (χ0v) is 12.8. The molecular weight excluding hydrogens is 326 g/mol. The number of halogens is 4. The fraction of sp³-hybridized carbons (Fsp3) is 0.400. The number of hydrogen-bond donors (Lipinski definition) is 1. The van der Waals surface area contributed by atoms with Crippen molar-refractivity contribution in [1.82, 2.24) is 15.0 Å². The fourth-order valence-corrected chi connectivity index (χ4v) is 2.36. The van der Waals surface area contributed by atoms with Crippen molar-refractivity contribution in [2.75, 3.05) is 17.3 Å². The molecule has 0 unspecified atom stereocenters. The topological polar surface area (TPSA) is 53.9 Å². The van der Waals surface area contributed by atoms with Crippen LogP contribution in [0.2, 0.25) is 0 Å². The average Bonchev–Trinajstić information content (AvgIpc) is 3.38. The van der Waals surface area contributed by atoms with Gasteiger partial charge in [-0.25, -0.2) is 9.97 Å². The van der Waals surface area contributed by atoms with Crippen LogP contribution in [-0.4, -0.2) is 28.0 Å². The molecular formula is C15H15F4N5. The molecule has 1 aliphatic rings. The smallest absolute Gasteiger partial charge is 0.371 e. The lowest BCUT2D eigenvalue weighted by Gasteiger charge is -2.24. The van der Waals surface area contributed by atoms with Crippen LogP contribution in [0.4, 0.5) is 29.2 Å². The van der Waals surface area contributed by atoms with Gasteiger partial charge in [0.1, 0.15) is 6.33 Å². The van der Waals surface area contributed by atoms with Crippen molar-refractivity contribution in [3.05, 3.63) is 41.7 Å². The summed E-state index contributed by atoms with van der Waals surface area (Å²) >= 11 is 0. The van der Waals surface area contributed by atoms with Gasteiger partial charge in [-0.05, 0) is 25.0 Å². The number of hydrogen-bond acceptors (Lipinski definition) is 5. The van der Waals surface area contributed by atoms with Crippen LogP contribution >= 0.6 is 0 Å². The number of alkyl halides is 3. The minimum atomic E-state index is -4.43. The Kier molecular flexibility index (Phi) is 4.25. The molecule has 1 fully saturated rings. The van der Waals surface area contributed by atoms with Gasteiger partial charge in [0, 0.05) is 19.3 Å². The van der Waals surface area contributed by atoms with Gasteiger partial charge >= 0.3 is 6.18 Å². The molecule has 0 radical (unpaired) electrons. The summed E-state index contributed by atoms with van der Waals surface area (Å²) in [6, 6.07) is 2.38. The van der Waals surface area contributed by atoms with E-state index in [-0.39, 0.29) is 24.2 Å². The van der Waals surface area contributed by atoms with Crippen LogP contribution in [0.15, 0.2) is 24.7 Å². The number of anilines is 2. The molecule has 1 aliphatic carbocycles. The Bertz CT molecular complexity index is 713. The normalized spacial score (nSPS) is 14.5. The molecule has 0 saturated heterocycles. The molecule has 0 atom stereocenters. The zero-order chi connectivity index (χ0) is 17.3. The Morgan fingerprint density at radius 1 is 1.21 bits per heavy atom. The van der Waals surface area contributed by atoms with Gasteiger partial charge in [0.05, 0.1) is 17.8 Å².